The van der Waals surface area contributed by atoms with Crippen molar-refractivity contribution in [3.8, 4) is 0 Å². The molecule has 0 bridgehead atoms. The minimum absolute atomic E-state index is 0. The Hall–Kier alpha value is -0.390. The first-order chi connectivity index (χ1) is 6.84. The Kier molecular flexibility index (Phi) is 9.81. The maximum Gasteiger partial charge on any atom is 0.203 e. The van der Waals surface area contributed by atoms with Gasteiger partial charge in [0, 0.05) is 11.8 Å². The van der Waals surface area contributed by atoms with E-state index >= 15 is 0 Å². The second-order valence-electron chi connectivity index (χ2n) is 3.67. The Bertz CT molecular complexity index is 312. The van der Waals surface area contributed by atoms with Crippen LogP contribution in [0.4, 0.5) is 0 Å². The number of halogens is 2. The third-order valence-electron chi connectivity index (χ3n) is 1.56. The van der Waals surface area contributed by atoms with Crippen molar-refractivity contribution in [1.29, 1.82) is 5.41 Å². The molecule has 3 N–H and O–H groups in total. The van der Waals surface area contributed by atoms with E-state index in [1.807, 2.05) is 27.7 Å². The molecule has 1 aromatic rings. The number of rotatable bonds is 2. The molecule has 1 rings (SSSR count). The van der Waals surface area contributed by atoms with Crippen molar-refractivity contribution in [3.05, 3.63) is 10.3 Å². The third kappa shape index (κ3) is 7.84. The van der Waals surface area contributed by atoms with Crippen molar-refractivity contribution in [3.63, 3.8) is 0 Å². The first kappa shape index (κ1) is 18.0. The summed E-state index contributed by atoms with van der Waals surface area (Å²) in [4.78, 5) is 3.98. The van der Waals surface area contributed by atoms with Crippen LogP contribution in [0.2, 0.25) is 4.47 Å². The van der Waals surface area contributed by atoms with E-state index in [0.29, 0.717) is 10.4 Å². The average Bonchev–Trinajstić information content (AvgIpc) is 2.52. The molecule has 94 valence electrons. The van der Waals surface area contributed by atoms with Gasteiger partial charge in [-0.25, -0.2) is 4.98 Å². The number of nitrogens with zero attached hydrogens (tertiary/aromatic N) is 2. The molecule has 0 aromatic carbocycles. The van der Waals surface area contributed by atoms with Gasteiger partial charge >= 0.3 is 0 Å². The molecule has 0 amide bonds. The van der Waals surface area contributed by atoms with E-state index in [1.54, 1.807) is 0 Å². The second-order valence-corrected chi connectivity index (χ2v) is 5.00. The molecule has 0 saturated carbocycles. The zero-order valence-corrected chi connectivity index (χ0v) is 12.2. The Labute approximate surface area is 112 Å². The molecule has 0 spiro atoms. The Morgan fingerprint density at radius 1 is 1.38 bits per heavy atom. The maximum atomic E-state index is 6.73. The van der Waals surface area contributed by atoms with Gasteiger partial charge in [-0.3, -0.25) is 5.41 Å². The number of hydrogen-bond donors (Lipinski definition) is 2. The van der Waals surface area contributed by atoms with Crippen LogP contribution in [0, 0.1) is 11.3 Å². The van der Waals surface area contributed by atoms with Crippen molar-refractivity contribution < 1.29 is 0 Å². The highest BCUT2D eigenvalue weighted by molar-refractivity contribution is 7.10. The van der Waals surface area contributed by atoms with Crippen molar-refractivity contribution >= 4 is 41.4 Å². The summed E-state index contributed by atoms with van der Waals surface area (Å²) in [6, 6.07) is 0. The zero-order chi connectivity index (χ0) is 12.0. The summed E-state index contributed by atoms with van der Waals surface area (Å²) >= 11 is 6.79. The monoisotopic (exact) mass is 284 g/mol. The maximum absolute atomic E-state index is 6.73. The van der Waals surface area contributed by atoms with Gasteiger partial charge in [0.2, 0.25) is 4.47 Å². The SMILES string of the molecule is CC(C)C(=N)N.CC(C)c1nsc(Cl)n1.Cl. The molecule has 0 aliphatic heterocycles. The van der Waals surface area contributed by atoms with Gasteiger partial charge in [0.1, 0.15) is 5.82 Å². The molecule has 16 heavy (non-hydrogen) atoms. The molecule has 1 aromatic heterocycles. The summed E-state index contributed by atoms with van der Waals surface area (Å²) in [6.07, 6.45) is 0. The minimum atomic E-state index is 0. The van der Waals surface area contributed by atoms with Crippen LogP contribution < -0.4 is 5.73 Å². The highest BCUT2D eigenvalue weighted by Crippen LogP contribution is 2.16. The molecule has 0 unspecified atom stereocenters. The lowest BCUT2D eigenvalue weighted by molar-refractivity contribution is 0.799. The predicted octanol–water partition coefficient (Wildman–Crippen LogP) is 3.32. The van der Waals surface area contributed by atoms with Crippen LogP contribution in [0.5, 0.6) is 0 Å². The molecule has 7 heteroatoms. The average molecular weight is 285 g/mol. The molecule has 0 aliphatic rings. The lowest BCUT2D eigenvalue weighted by atomic mass is 10.2. The molecule has 0 aliphatic carbocycles. The van der Waals surface area contributed by atoms with Crippen LogP contribution in [-0.4, -0.2) is 15.2 Å². The standard InChI is InChI=1S/C5H7ClN2S.C4H10N2.ClH/c1-3(2)4-7-5(6)9-8-4;1-3(2)4(5)6;/h3H,1-2H3;3H,1-2H3,(H3,5,6);1H. The highest BCUT2D eigenvalue weighted by Gasteiger charge is 2.04. The van der Waals surface area contributed by atoms with E-state index in [2.05, 4.69) is 9.36 Å². The molecule has 1 heterocycles. The summed E-state index contributed by atoms with van der Waals surface area (Å²) in [5.74, 6) is 1.69. The van der Waals surface area contributed by atoms with Gasteiger partial charge in [-0.1, -0.05) is 27.7 Å². The van der Waals surface area contributed by atoms with Crippen molar-refractivity contribution in [2.75, 3.05) is 0 Å². The third-order valence-corrected chi connectivity index (χ3v) is 2.37. The van der Waals surface area contributed by atoms with Crippen molar-refractivity contribution in [2.24, 2.45) is 11.7 Å². The van der Waals surface area contributed by atoms with E-state index in [9.17, 15) is 0 Å². The van der Waals surface area contributed by atoms with Gasteiger partial charge < -0.3 is 5.73 Å². The van der Waals surface area contributed by atoms with E-state index in [0.717, 1.165) is 5.82 Å². The molecule has 4 nitrogen and oxygen atoms in total. The Morgan fingerprint density at radius 2 is 1.81 bits per heavy atom. The summed E-state index contributed by atoms with van der Waals surface area (Å²) in [5, 5.41) is 6.73. The largest absolute Gasteiger partial charge is 0.387 e. The van der Waals surface area contributed by atoms with Gasteiger partial charge in [-0.05, 0) is 23.1 Å². The first-order valence-corrected chi connectivity index (χ1v) is 5.82. The van der Waals surface area contributed by atoms with Gasteiger partial charge in [-0.15, -0.1) is 12.4 Å². The van der Waals surface area contributed by atoms with Crippen LogP contribution in [0.15, 0.2) is 0 Å². The molecule has 0 atom stereocenters. The van der Waals surface area contributed by atoms with Gasteiger partial charge in [-0.2, -0.15) is 4.37 Å². The molecule has 0 saturated heterocycles. The molecular formula is C9H18Cl2N4S. The number of hydrogen-bond acceptors (Lipinski definition) is 4. The van der Waals surface area contributed by atoms with Crippen LogP contribution in [0.1, 0.15) is 39.4 Å². The molecular weight excluding hydrogens is 267 g/mol. The smallest absolute Gasteiger partial charge is 0.203 e. The first-order valence-electron chi connectivity index (χ1n) is 4.67. The van der Waals surface area contributed by atoms with E-state index < -0.39 is 0 Å². The Morgan fingerprint density at radius 3 is 1.94 bits per heavy atom. The number of amidine groups is 1. The topological polar surface area (TPSA) is 75.7 Å². The minimum Gasteiger partial charge on any atom is -0.387 e. The number of nitrogens with one attached hydrogen (secondary N) is 1. The number of nitrogens with two attached hydrogens (primary N) is 1. The van der Waals surface area contributed by atoms with Crippen LogP contribution in [0.25, 0.3) is 0 Å². The lowest BCUT2D eigenvalue weighted by Gasteiger charge is -1.95. The second kappa shape index (κ2) is 8.73. The van der Waals surface area contributed by atoms with Crippen LogP contribution >= 0.6 is 35.5 Å². The van der Waals surface area contributed by atoms with Gasteiger partial charge in [0.05, 0.1) is 5.84 Å². The van der Waals surface area contributed by atoms with E-state index in [1.165, 1.54) is 11.5 Å². The summed E-state index contributed by atoms with van der Waals surface area (Å²) in [6.45, 7) is 7.86. The van der Waals surface area contributed by atoms with Crippen molar-refractivity contribution in [1.82, 2.24) is 9.36 Å². The summed E-state index contributed by atoms with van der Waals surface area (Å²) in [5.41, 5.74) is 5.02. The fraction of sp³-hybridized carbons (Fsp3) is 0.667. The molecule has 0 radical (unpaired) electrons. The summed E-state index contributed by atoms with van der Waals surface area (Å²) < 4.78 is 4.54. The summed E-state index contributed by atoms with van der Waals surface area (Å²) in [7, 11) is 0. The lowest BCUT2D eigenvalue weighted by Crippen LogP contribution is -2.16. The quantitative estimate of drug-likeness (QED) is 0.646. The van der Waals surface area contributed by atoms with Crippen LogP contribution in [-0.2, 0) is 0 Å². The predicted molar refractivity (Wildman–Crippen MR) is 73.0 cm³/mol. The van der Waals surface area contributed by atoms with Crippen LogP contribution in [0.3, 0.4) is 0 Å². The normalized spacial score (nSPS) is 9.44. The van der Waals surface area contributed by atoms with E-state index in [-0.39, 0.29) is 24.2 Å². The number of aromatic nitrogens is 2. The van der Waals surface area contributed by atoms with Crippen molar-refractivity contribution in [2.45, 2.75) is 33.6 Å². The van der Waals surface area contributed by atoms with Gasteiger partial charge in [0.25, 0.3) is 0 Å². The fourth-order valence-corrected chi connectivity index (χ4v) is 1.19. The fourth-order valence-electron chi connectivity index (χ4n) is 0.450. The Balaban J connectivity index is 0. The molecule has 0 fully saturated rings. The zero-order valence-electron chi connectivity index (χ0n) is 9.82. The van der Waals surface area contributed by atoms with E-state index in [4.69, 9.17) is 22.7 Å². The van der Waals surface area contributed by atoms with Gasteiger partial charge in [0.15, 0.2) is 0 Å². The highest BCUT2D eigenvalue weighted by atomic mass is 35.5.